The van der Waals surface area contributed by atoms with Gasteiger partial charge in [0.2, 0.25) is 0 Å². The fourth-order valence-corrected chi connectivity index (χ4v) is 4.65. The highest BCUT2D eigenvalue weighted by Crippen LogP contribution is 2.26. The summed E-state index contributed by atoms with van der Waals surface area (Å²) < 4.78 is 33.3. The first-order chi connectivity index (χ1) is 14.8. The zero-order chi connectivity index (χ0) is 22.4. The highest BCUT2D eigenvalue weighted by Gasteiger charge is 2.21. The fourth-order valence-electron chi connectivity index (χ4n) is 3.07. The molecule has 3 aromatic carbocycles. The molecule has 0 radical (unpaired) electrons. The summed E-state index contributed by atoms with van der Waals surface area (Å²) in [5.74, 6) is 0.332. The third-order valence-electron chi connectivity index (χ3n) is 4.74. The number of nitrogens with one attached hydrogen (secondary N) is 2. The average molecular weight is 459 g/mol. The molecule has 3 aromatic rings. The van der Waals surface area contributed by atoms with E-state index in [2.05, 4.69) is 10.0 Å². The van der Waals surface area contributed by atoms with Gasteiger partial charge in [-0.05, 0) is 54.4 Å². The van der Waals surface area contributed by atoms with Crippen LogP contribution in [0.15, 0.2) is 77.7 Å². The van der Waals surface area contributed by atoms with Gasteiger partial charge < -0.3 is 10.1 Å². The third kappa shape index (κ3) is 5.57. The van der Waals surface area contributed by atoms with Crippen molar-refractivity contribution in [3.8, 4) is 5.75 Å². The van der Waals surface area contributed by atoms with E-state index in [1.807, 2.05) is 31.2 Å². The number of ether oxygens (including phenoxy) is 1. The van der Waals surface area contributed by atoms with Crippen LogP contribution in [0.4, 0.5) is 5.69 Å². The molecule has 0 fully saturated rings. The lowest BCUT2D eigenvalue weighted by Crippen LogP contribution is -2.28. The number of hydrogen-bond acceptors (Lipinski definition) is 4. The Morgan fingerprint density at radius 3 is 2.32 bits per heavy atom. The van der Waals surface area contributed by atoms with Gasteiger partial charge in [-0.3, -0.25) is 9.52 Å². The van der Waals surface area contributed by atoms with Crippen LogP contribution in [-0.2, 0) is 10.0 Å². The molecule has 0 saturated carbocycles. The summed E-state index contributed by atoms with van der Waals surface area (Å²) in [7, 11) is -2.38. The van der Waals surface area contributed by atoms with Crippen LogP contribution in [-0.4, -0.2) is 21.4 Å². The molecular weight excluding hydrogens is 436 g/mol. The van der Waals surface area contributed by atoms with Crippen molar-refractivity contribution >= 4 is 33.2 Å². The van der Waals surface area contributed by atoms with E-state index in [1.54, 1.807) is 37.4 Å². The number of amides is 1. The Hall–Kier alpha value is -3.03. The molecule has 1 atom stereocenters. The first-order valence-corrected chi connectivity index (χ1v) is 11.5. The lowest BCUT2D eigenvalue weighted by atomic mass is 10.0. The quantitative estimate of drug-likeness (QED) is 0.495. The molecule has 0 aliphatic rings. The molecular formula is C23H23ClN2O4S. The number of anilines is 1. The summed E-state index contributed by atoms with van der Waals surface area (Å²) in [6.45, 7) is 1.96. The SMILES string of the molecule is CC[C@H](NC(=O)c1ccc(Cl)c(S(=O)(=O)Nc2ccccc2)c1)c1ccc(OC)cc1. The number of carbonyl (C=O) groups is 1. The van der Waals surface area contributed by atoms with E-state index in [-0.39, 0.29) is 21.5 Å². The van der Waals surface area contributed by atoms with Gasteiger partial charge in [0.15, 0.2) is 0 Å². The molecule has 31 heavy (non-hydrogen) atoms. The molecule has 6 nitrogen and oxygen atoms in total. The summed E-state index contributed by atoms with van der Waals surface area (Å²) >= 11 is 6.15. The largest absolute Gasteiger partial charge is 0.497 e. The van der Waals surface area contributed by atoms with E-state index in [0.29, 0.717) is 12.1 Å². The number of sulfonamides is 1. The normalized spacial score (nSPS) is 12.1. The first kappa shape index (κ1) is 22.7. The van der Waals surface area contributed by atoms with E-state index < -0.39 is 15.9 Å². The van der Waals surface area contributed by atoms with Gasteiger partial charge in [-0.25, -0.2) is 8.42 Å². The molecule has 0 aromatic heterocycles. The topological polar surface area (TPSA) is 84.5 Å². The molecule has 0 saturated heterocycles. The van der Waals surface area contributed by atoms with E-state index in [4.69, 9.17) is 16.3 Å². The van der Waals surface area contributed by atoms with Gasteiger partial charge in [-0.2, -0.15) is 0 Å². The maximum absolute atomic E-state index is 12.9. The van der Waals surface area contributed by atoms with Crippen molar-refractivity contribution in [2.75, 3.05) is 11.8 Å². The van der Waals surface area contributed by atoms with E-state index in [9.17, 15) is 13.2 Å². The lowest BCUT2D eigenvalue weighted by Gasteiger charge is -2.18. The molecule has 162 valence electrons. The smallest absolute Gasteiger partial charge is 0.263 e. The van der Waals surface area contributed by atoms with Crippen LogP contribution < -0.4 is 14.8 Å². The summed E-state index contributed by atoms with van der Waals surface area (Å²) in [5, 5.41) is 2.98. The molecule has 1 amide bonds. The monoisotopic (exact) mass is 458 g/mol. The highest BCUT2D eigenvalue weighted by atomic mass is 35.5. The minimum Gasteiger partial charge on any atom is -0.497 e. The second-order valence-corrected chi connectivity index (χ2v) is 8.88. The molecule has 0 heterocycles. The van der Waals surface area contributed by atoms with Crippen molar-refractivity contribution in [1.29, 1.82) is 0 Å². The van der Waals surface area contributed by atoms with Crippen LogP contribution in [0.25, 0.3) is 0 Å². The molecule has 8 heteroatoms. The van der Waals surface area contributed by atoms with Gasteiger partial charge >= 0.3 is 0 Å². The highest BCUT2D eigenvalue weighted by molar-refractivity contribution is 7.92. The number of halogens is 1. The van der Waals surface area contributed by atoms with Crippen molar-refractivity contribution in [3.63, 3.8) is 0 Å². The van der Waals surface area contributed by atoms with Crippen molar-refractivity contribution in [1.82, 2.24) is 5.32 Å². The van der Waals surface area contributed by atoms with Crippen molar-refractivity contribution < 1.29 is 17.9 Å². The zero-order valence-corrected chi connectivity index (χ0v) is 18.7. The van der Waals surface area contributed by atoms with Crippen LogP contribution in [0.1, 0.15) is 35.3 Å². The maximum Gasteiger partial charge on any atom is 0.263 e. The molecule has 0 bridgehead atoms. The van der Waals surface area contributed by atoms with Crippen LogP contribution in [0, 0.1) is 0 Å². The van der Waals surface area contributed by atoms with Crippen molar-refractivity contribution in [3.05, 3.63) is 88.9 Å². The number of benzene rings is 3. The van der Waals surface area contributed by atoms with Crippen LogP contribution in [0.5, 0.6) is 5.75 Å². The van der Waals surface area contributed by atoms with Gasteiger partial charge in [-0.15, -0.1) is 0 Å². The van der Waals surface area contributed by atoms with Crippen molar-refractivity contribution in [2.45, 2.75) is 24.3 Å². The Bertz CT molecular complexity index is 1150. The van der Waals surface area contributed by atoms with E-state index in [0.717, 1.165) is 11.3 Å². The third-order valence-corrected chi connectivity index (χ3v) is 6.60. The standard InChI is InChI=1S/C23H23ClN2O4S/c1-3-21(16-9-12-19(30-2)13-10-16)25-23(27)17-11-14-20(24)22(15-17)31(28,29)26-18-7-5-4-6-8-18/h4-15,21,26H,3H2,1-2H3,(H,25,27)/t21-/m0/s1. The Morgan fingerprint density at radius 1 is 1.03 bits per heavy atom. The molecule has 2 N–H and O–H groups in total. The lowest BCUT2D eigenvalue weighted by molar-refractivity contribution is 0.0935. The Balaban J connectivity index is 1.83. The average Bonchev–Trinajstić information content (AvgIpc) is 2.78. The molecule has 0 aliphatic carbocycles. The van der Waals surface area contributed by atoms with Gasteiger partial charge in [0.1, 0.15) is 10.6 Å². The molecule has 0 spiro atoms. The number of hydrogen-bond donors (Lipinski definition) is 2. The Morgan fingerprint density at radius 2 is 1.71 bits per heavy atom. The number of methoxy groups -OCH3 is 1. The molecule has 3 rings (SSSR count). The van der Waals surface area contributed by atoms with Gasteiger partial charge in [0.25, 0.3) is 15.9 Å². The second kappa shape index (κ2) is 9.85. The number of para-hydroxylation sites is 1. The summed E-state index contributed by atoms with van der Waals surface area (Å²) in [5.41, 5.74) is 1.52. The minimum atomic E-state index is -3.97. The Labute approximate surface area is 187 Å². The minimum absolute atomic E-state index is 0.0298. The summed E-state index contributed by atoms with van der Waals surface area (Å²) in [6, 6.07) is 19.8. The predicted molar refractivity (Wildman–Crippen MR) is 122 cm³/mol. The molecule has 0 aliphatic heterocycles. The number of rotatable bonds is 8. The summed E-state index contributed by atoms with van der Waals surface area (Å²) in [4.78, 5) is 12.7. The van der Waals surface area contributed by atoms with Crippen LogP contribution in [0.3, 0.4) is 0 Å². The first-order valence-electron chi connectivity index (χ1n) is 9.66. The van der Waals surface area contributed by atoms with E-state index in [1.165, 1.54) is 18.2 Å². The zero-order valence-electron chi connectivity index (χ0n) is 17.1. The predicted octanol–water partition coefficient (Wildman–Crippen LogP) is 5.03. The summed E-state index contributed by atoms with van der Waals surface area (Å²) in [6.07, 6.45) is 0.659. The van der Waals surface area contributed by atoms with E-state index >= 15 is 0 Å². The van der Waals surface area contributed by atoms with Gasteiger partial charge in [0.05, 0.1) is 18.2 Å². The van der Waals surface area contributed by atoms with Crippen LogP contribution in [0.2, 0.25) is 5.02 Å². The van der Waals surface area contributed by atoms with Crippen molar-refractivity contribution in [2.24, 2.45) is 0 Å². The van der Waals surface area contributed by atoms with Crippen LogP contribution >= 0.6 is 11.6 Å². The number of carbonyl (C=O) groups excluding carboxylic acids is 1. The molecule has 0 unspecified atom stereocenters. The van der Waals surface area contributed by atoms with Gasteiger partial charge in [0, 0.05) is 11.3 Å². The second-order valence-electron chi connectivity index (χ2n) is 6.82. The van der Waals surface area contributed by atoms with Gasteiger partial charge in [-0.1, -0.05) is 48.9 Å². The Kier molecular flexibility index (Phi) is 7.20. The fraction of sp³-hybridized carbons (Fsp3) is 0.174. The maximum atomic E-state index is 12.9.